The van der Waals surface area contributed by atoms with Gasteiger partial charge in [-0.25, -0.2) is 21.9 Å². The van der Waals surface area contributed by atoms with Crippen LogP contribution in [0.2, 0.25) is 0 Å². The predicted octanol–water partition coefficient (Wildman–Crippen LogP) is 4.80. The second-order valence-electron chi connectivity index (χ2n) is 7.67. The monoisotopic (exact) mass is 459 g/mol. The van der Waals surface area contributed by atoms with Gasteiger partial charge in [-0.05, 0) is 47.7 Å². The third-order valence-corrected chi connectivity index (χ3v) is 7.14. The SMILES string of the molecule is COc1cc(F)c(F)cc1-c1ccc(OCc2cccc(CNS(=O)(=O)C3CC3)c2)cc1. The molecule has 0 aromatic heterocycles. The van der Waals surface area contributed by atoms with Gasteiger partial charge in [-0.2, -0.15) is 0 Å². The Morgan fingerprint density at radius 2 is 1.66 bits per heavy atom. The Hall–Kier alpha value is -2.97. The molecule has 3 aromatic carbocycles. The lowest BCUT2D eigenvalue weighted by molar-refractivity contribution is 0.306. The summed E-state index contributed by atoms with van der Waals surface area (Å²) in [6, 6.07) is 16.6. The summed E-state index contributed by atoms with van der Waals surface area (Å²) in [5.74, 6) is -1.06. The van der Waals surface area contributed by atoms with Gasteiger partial charge in [0.05, 0.1) is 12.4 Å². The second-order valence-corrected chi connectivity index (χ2v) is 9.71. The lowest BCUT2D eigenvalue weighted by atomic mass is 10.0. The van der Waals surface area contributed by atoms with Crippen LogP contribution in [0.25, 0.3) is 11.1 Å². The molecule has 4 rings (SSSR count). The number of hydrogen-bond donors (Lipinski definition) is 1. The zero-order valence-corrected chi connectivity index (χ0v) is 18.3. The fourth-order valence-electron chi connectivity index (χ4n) is 3.33. The Kier molecular flexibility index (Phi) is 6.43. The lowest BCUT2D eigenvalue weighted by Crippen LogP contribution is -2.26. The van der Waals surface area contributed by atoms with Gasteiger partial charge in [0, 0.05) is 18.2 Å². The van der Waals surface area contributed by atoms with E-state index in [2.05, 4.69) is 4.72 Å². The quantitative estimate of drug-likeness (QED) is 0.499. The largest absolute Gasteiger partial charge is 0.496 e. The number of benzene rings is 3. The van der Waals surface area contributed by atoms with Crippen LogP contribution in [0.3, 0.4) is 0 Å². The molecule has 0 radical (unpaired) electrons. The van der Waals surface area contributed by atoms with Crippen molar-refractivity contribution in [3.05, 3.63) is 83.4 Å². The molecule has 1 aliphatic carbocycles. The van der Waals surface area contributed by atoms with Crippen molar-refractivity contribution in [1.82, 2.24) is 4.72 Å². The summed E-state index contributed by atoms with van der Waals surface area (Å²) in [6.45, 7) is 0.550. The van der Waals surface area contributed by atoms with Gasteiger partial charge in [-0.15, -0.1) is 0 Å². The van der Waals surface area contributed by atoms with Crippen LogP contribution in [-0.4, -0.2) is 20.8 Å². The maximum atomic E-state index is 13.7. The number of nitrogens with one attached hydrogen (secondary N) is 1. The zero-order chi connectivity index (χ0) is 22.7. The normalized spacial score (nSPS) is 13.7. The number of sulfonamides is 1. The first-order valence-corrected chi connectivity index (χ1v) is 11.7. The molecule has 0 amide bonds. The Bertz CT molecular complexity index is 1210. The summed E-state index contributed by atoms with van der Waals surface area (Å²) in [6.07, 6.45) is 1.45. The van der Waals surface area contributed by atoms with E-state index in [0.29, 0.717) is 23.5 Å². The topological polar surface area (TPSA) is 64.6 Å². The molecular weight excluding hydrogens is 436 g/mol. The van der Waals surface area contributed by atoms with Crippen molar-refractivity contribution in [2.45, 2.75) is 31.2 Å². The maximum absolute atomic E-state index is 13.7. The smallest absolute Gasteiger partial charge is 0.214 e. The fourth-order valence-corrected chi connectivity index (χ4v) is 4.69. The molecule has 0 spiro atoms. The van der Waals surface area contributed by atoms with E-state index < -0.39 is 21.7 Å². The lowest BCUT2D eigenvalue weighted by Gasteiger charge is -2.11. The highest BCUT2D eigenvalue weighted by molar-refractivity contribution is 7.90. The van der Waals surface area contributed by atoms with E-state index in [0.717, 1.165) is 36.1 Å². The fraction of sp³-hybridized carbons (Fsp3) is 0.250. The van der Waals surface area contributed by atoms with Crippen molar-refractivity contribution in [2.75, 3.05) is 7.11 Å². The van der Waals surface area contributed by atoms with Crippen LogP contribution in [0.1, 0.15) is 24.0 Å². The van der Waals surface area contributed by atoms with E-state index in [4.69, 9.17) is 9.47 Å². The Balaban J connectivity index is 1.39. The summed E-state index contributed by atoms with van der Waals surface area (Å²) in [5.41, 5.74) is 2.87. The van der Waals surface area contributed by atoms with Gasteiger partial charge in [-0.1, -0.05) is 36.4 Å². The van der Waals surface area contributed by atoms with Gasteiger partial charge < -0.3 is 9.47 Å². The van der Waals surface area contributed by atoms with Crippen LogP contribution >= 0.6 is 0 Å². The van der Waals surface area contributed by atoms with Gasteiger partial charge in [0.1, 0.15) is 18.1 Å². The highest BCUT2D eigenvalue weighted by Crippen LogP contribution is 2.33. The minimum atomic E-state index is -3.23. The summed E-state index contributed by atoms with van der Waals surface area (Å²) >= 11 is 0. The van der Waals surface area contributed by atoms with Crippen LogP contribution < -0.4 is 14.2 Å². The Morgan fingerprint density at radius 3 is 2.34 bits per heavy atom. The van der Waals surface area contributed by atoms with Crippen molar-refractivity contribution in [3.8, 4) is 22.6 Å². The Labute approximate surface area is 186 Å². The van der Waals surface area contributed by atoms with Gasteiger partial charge in [-0.3, -0.25) is 0 Å². The zero-order valence-electron chi connectivity index (χ0n) is 17.5. The van der Waals surface area contributed by atoms with E-state index in [1.54, 1.807) is 24.3 Å². The summed E-state index contributed by atoms with van der Waals surface area (Å²) in [4.78, 5) is 0. The summed E-state index contributed by atoms with van der Waals surface area (Å²) in [7, 11) is -1.82. The first-order valence-electron chi connectivity index (χ1n) is 10.2. The highest BCUT2D eigenvalue weighted by atomic mass is 32.2. The number of methoxy groups -OCH3 is 1. The number of ether oxygens (including phenoxy) is 2. The molecule has 1 aliphatic rings. The summed E-state index contributed by atoms with van der Waals surface area (Å²) < 4.78 is 64.7. The van der Waals surface area contributed by atoms with Crippen molar-refractivity contribution >= 4 is 10.0 Å². The molecule has 0 aliphatic heterocycles. The van der Waals surface area contributed by atoms with Crippen molar-refractivity contribution in [1.29, 1.82) is 0 Å². The molecule has 1 saturated carbocycles. The van der Waals surface area contributed by atoms with E-state index in [1.807, 2.05) is 24.3 Å². The third-order valence-electron chi connectivity index (χ3n) is 5.25. The van der Waals surface area contributed by atoms with Crippen LogP contribution in [0.4, 0.5) is 8.78 Å². The molecule has 1 fully saturated rings. The van der Waals surface area contributed by atoms with Gasteiger partial charge >= 0.3 is 0 Å². The number of hydrogen-bond acceptors (Lipinski definition) is 4. The highest BCUT2D eigenvalue weighted by Gasteiger charge is 2.35. The maximum Gasteiger partial charge on any atom is 0.214 e. The minimum Gasteiger partial charge on any atom is -0.496 e. The third kappa shape index (κ3) is 5.26. The van der Waals surface area contributed by atoms with E-state index in [-0.39, 0.29) is 17.5 Å². The molecule has 0 saturated heterocycles. The van der Waals surface area contributed by atoms with Crippen LogP contribution in [-0.2, 0) is 23.2 Å². The molecule has 5 nitrogen and oxygen atoms in total. The van der Waals surface area contributed by atoms with E-state index in [1.165, 1.54) is 7.11 Å². The number of halogens is 2. The van der Waals surface area contributed by atoms with Gasteiger partial charge in [0.15, 0.2) is 11.6 Å². The molecule has 3 aromatic rings. The molecule has 0 heterocycles. The van der Waals surface area contributed by atoms with Gasteiger partial charge in [0.2, 0.25) is 10.0 Å². The van der Waals surface area contributed by atoms with Crippen LogP contribution in [0, 0.1) is 11.6 Å². The standard InChI is InChI=1S/C24H23F2NO4S/c1-30-24-13-23(26)22(25)12-21(24)18-5-7-19(8-6-18)31-15-17-4-2-3-16(11-17)14-27-32(28,29)20-9-10-20/h2-8,11-13,20,27H,9-10,14-15H2,1H3. The van der Waals surface area contributed by atoms with Crippen LogP contribution in [0.15, 0.2) is 60.7 Å². The summed E-state index contributed by atoms with van der Waals surface area (Å²) in [5, 5.41) is -0.247. The molecule has 0 unspecified atom stereocenters. The molecular formula is C24H23F2NO4S. The number of rotatable bonds is 9. The van der Waals surface area contributed by atoms with E-state index >= 15 is 0 Å². The molecule has 8 heteroatoms. The first kappa shape index (κ1) is 22.2. The average Bonchev–Trinajstić information content (AvgIpc) is 3.65. The second kappa shape index (κ2) is 9.26. The first-order chi connectivity index (χ1) is 15.4. The van der Waals surface area contributed by atoms with Crippen molar-refractivity contribution in [2.24, 2.45) is 0 Å². The van der Waals surface area contributed by atoms with E-state index in [9.17, 15) is 17.2 Å². The van der Waals surface area contributed by atoms with Crippen molar-refractivity contribution < 1.29 is 26.7 Å². The Morgan fingerprint density at radius 1 is 0.969 bits per heavy atom. The molecule has 32 heavy (non-hydrogen) atoms. The molecule has 0 atom stereocenters. The van der Waals surface area contributed by atoms with Crippen molar-refractivity contribution in [3.63, 3.8) is 0 Å². The minimum absolute atomic E-state index is 0.242. The van der Waals surface area contributed by atoms with Gasteiger partial charge in [0.25, 0.3) is 0 Å². The molecule has 0 bridgehead atoms. The molecule has 168 valence electrons. The predicted molar refractivity (Wildman–Crippen MR) is 118 cm³/mol. The van der Waals surface area contributed by atoms with Crippen LogP contribution in [0.5, 0.6) is 11.5 Å². The average molecular weight is 460 g/mol. The molecule has 1 N–H and O–H groups in total.